The molecule has 2 fully saturated rings. The molecule has 0 radical (unpaired) electrons. The highest BCUT2D eigenvalue weighted by atomic mass is 16.5. The van der Waals surface area contributed by atoms with Crippen LogP contribution in [0.15, 0.2) is 0 Å². The van der Waals surface area contributed by atoms with Crippen molar-refractivity contribution in [2.45, 2.75) is 63.8 Å². The number of aliphatic hydroxyl groups excluding tert-OH is 1. The molecule has 0 spiro atoms. The van der Waals surface area contributed by atoms with Gasteiger partial charge in [-0.05, 0) is 26.7 Å². The van der Waals surface area contributed by atoms with Crippen molar-refractivity contribution in [3.8, 4) is 0 Å². The van der Waals surface area contributed by atoms with Gasteiger partial charge in [0.1, 0.15) is 0 Å². The average Bonchev–Trinajstić information content (AvgIpc) is 2.38. The highest BCUT2D eigenvalue weighted by Gasteiger charge is 2.26. The fourth-order valence-corrected chi connectivity index (χ4v) is 2.97. The Bertz CT molecular complexity index is 248. The number of hydrogen-bond acceptors (Lipinski definition) is 4. The summed E-state index contributed by atoms with van der Waals surface area (Å²) >= 11 is 0. The second kappa shape index (κ2) is 6.85. The Morgan fingerprint density at radius 1 is 1.33 bits per heavy atom. The Morgan fingerprint density at radius 3 is 2.83 bits per heavy atom. The smallest absolute Gasteiger partial charge is 0.0826 e. The molecule has 106 valence electrons. The Kier molecular flexibility index (Phi) is 5.42. The van der Waals surface area contributed by atoms with E-state index in [1.54, 1.807) is 0 Å². The van der Waals surface area contributed by atoms with Gasteiger partial charge in [-0.3, -0.25) is 4.90 Å². The molecule has 0 bridgehead atoms. The van der Waals surface area contributed by atoms with Crippen LogP contribution >= 0.6 is 0 Å². The minimum atomic E-state index is -0.163. The van der Waals surface area contributed by atoms with Crippen LogP contribution in [0.5, 0.6) is 0 Å². The first-order valence-corrected chi connectivity index (χ1v) is 7.44. The summed E-state index contributed by atoms with van der Waals surface area (Å²) in [4.78, 5) is 2.47. The fourth-order valence-electron chi connectivity index (χ4n) is 2.97. The van der Waals surface area contributed by atoms with Crippen LogP contribution in [0.1, 0.15) is 39.5 Å². The highest BCUT2D eigenvalue weighted by Crippen LogP contribution is 2.18. The van der Waals surface area contributed by atoms with E-state index in [1.807, 2.05) is 0 Å². The first-order chi connectivity index (χ1) is 8.66. The van der Waals surface area contributed by atoms with Crippen molar-refractivity contribution in [1.82, 2.24) is 10.2 Å². The van der Waals surface area contributed by atoms with Gasteiger partial charge >= 0.3 is 0 Å². The molecule has 4 nitrogen and oxygen atoms in total. The number of nitrogens with zero attached hydrogens (tertiary/aromatic N) is 1. The molecule has 2 rings (SSSR count). The summed E-state index contributed by atoms with van der Waals surface area (Å²) in [5, 5.41) is 13.4. The van der Waals surface area contributed by atoms with E-state index < -0.39 is 0 Å². The normalized spacial score (nSPS) is 35.0. The van der Waals surface area contributed by atoms with Gasteiger partial charge in [-0.15, -0.1) is 0 Å². The molecular formula is C14H28N2O2. The van der Waals surface area contributed by atoms with Gasteiger partial charge in [0.05, 0.1) is 18.8 Å². The molecule has 1 aliphatic heterocycles. The van der Waals surface area contributed by atoms with Crippen molar-refractivity contribution in [3.63, 3.8) is 0 Å². The average molecular weight is 256 g/mol. The van der Waals surface area contributed by atoms with Gasteiger partial charge in [0.2, 0.25) is 0 Å². The molecule has 2 aliphatic rings. The van der Waals surface area contributed by atoms with E-state index in [0.29, 0.717) is 6.04 Å². The number of morpholine rings is 1. The predicted octanol–water partition coefficient (Wildman–Crippen LogP) is 0.989. The molecule has 0 aromatic heterocycles. The quantitative estimate of drug-likeness (QED) is 0.787. The van der Waals surface area contributed by atoms with Crippen LogP contribution in [0, 0.1) is 0 Å². The van der Waals surface area contributed by atoms with Crippen LogP contribution < -0.4 is 5.32 Å². The van der Waals surface area contributed by atoms with E-state index in [-0.39, 0.29) is 18.2 Å². The summed E-state index contributed by atoms with van der Waals surface area (Å²) in [7, 11) is 0. The van der Waals surface area contributed by atoms with Gasteiger partial charge in [-0.25, -0.2) is 0 Å². The van der Waals surface area contributed by atoms with Crippen LogP contribution in [0.25, 0.3) is 0 Å². The standard InChI is InChI=1S/C14H28N2O2/c1-11(2)16-7-8-18-12(10-16)9-15-13-5-3-4-6-14(13)17/h11-15,17H,3-10H2,1-2H3. The SMILES string of the molecule is CC(C)N1CCOC(CNC2CCCCC2O)C1. The number of hydrogen-bond donors (Lipinski definition) is 2. The van der Waals surface area contributed by atoms with Crippen molar-refractivity contribution < 1.29 is 9.84 Å². The molecular weight excluding hydrogens is 228 g/mol. The Hall–Kier alpha value is -0.160. The molecule has 4 heteroatoms. The summed E-state index contributed by atoms with van der Waals surface area (Å²) in [6.45, 7) is 8.22. The third-order valence-corrected chi connectivity index (χ3v) is 4.24. The lowest BCUT2D eigenvalue weighted by atomic mass is 9.92. The van der Waals surface area contributed by atoms with Crippen LogP contribution in [0.2, 0.25) is 0 Å². The zero-order valence-electron chi connectivity index (χ0n) is 11.8. The van der Waals surface area contributed by atoms with Gasteiger partial charge in [-0.1, -0.05) is 12.8 Å². The summed E-state index contributed by atoms with van der Waals surface area (Å²) < 4.78 is 5.80. The predicted molar refractivity (Wildman–Crippen MR) is 72.7 cm³/mol. The lowest BCUT2D eigenvalue weighted by molar-refractivity contribution is -0.0409. The zero-order chi connectivity index (χ0) is 13.0. The second-order valence-corrected chi connectivity index (χ2v) is 5.95. The summed E-state index contributed by atoms with van der Waals surface area (Å²) in [5.41, 5.74) is 0. The molecule has 1 aliphatic carbocycles. The summed E-state index contributed by atoms with van der Waals surface area (Å²) in [5.74, 6) is 0. The molecule has 0 amide bonds. The van der Waals surface area contributed by atoms with Gasteiger partial charge in [0, 0.05) is 31.7 Å². The number of nitrogens with one attached hydrogen (secondary N) is 1. The summed E-state index contributed by atoms with van der Waals surface area (Å²) in [6.07, 6.45) is 4.56. The third kappa shape index (κ3) is 3.92. The molecule has 0 aromatic carbocycles. The lowest BCUT2D eigenvalue weighted by Gasteiger charge is -2.37. The molecule has 1 saturated heterocycles. The molecule has 3 unspecified atom stereocenters. The molecule has 2 N–H and O–H groups in total. The molecule has 3 atom stereocenters. The molecule has 1 heterocycles. The number of aliphatic hydroxyl groups is 1. The van der Waals surface area contributed by atoms with Crippen LogP contribution in [0.4, 0.5) is 0 Å². The zero-order valence-corrected chi connectivity index (χ0v) is 11.8. The largest absolute Gasteiger partial charge is 0.392 e. The fraction of sp³-hybridized carbons (Fsp3) is 1.00. The van der Waals surface area contributed by atoms with Crippen molar-refractivity contribution in [2.75, 3.05) is 26.2 Å². The van der Waals surface area contributed by atoms with Crippen molar-refractivity contribution in [1.29, 1.82) is 0 Å². The monoisotopic (exact) mass is 256 g/mol. The Labute approximate surface area is 111 Å². The molecule has 1 saturated carbocycles. The first-order valence-electron chi connectivity index (χ1n) is 7.44. The van der Waals surface area contributed by atoms with E-state index in [0.717, 1.165) is 39.1 Å². The maximum absolute atomic E-state index is 9.92. The maximum Gasteiger partial charge on any atom is 0.0826 e. The van der Waals surface area contributed by atoms with Crippen molar-refractivity contribution in [3.05, 3.63) is 0 Å². The van der Waals surface area contributed by atoms with Crippen LogP contribution in [-0.2, 0) is 4.74 Å². The summed E-state index contributed by atoms with van der Waals surface area (Å²) in [6, 6.07) is 0.869. The van der Waals surface area contributed by atoms with Gasteiger partial charge in [0.15, 0.2) is 0 Å². The topological polar surface area (TPSA) is 44.7 Å². The maximum atomic E-state index is 9.92. The van der Waals surface area contributed by atoms with E-state index in [9.17, 15) is 5.11 Å². The van der Waals surface area contributed by atoms with E-state index in [1.165, 1.54) is 12.8 Å². The number of rotatable bonds is 4. The molecule has 0 aromatic rings. The van der Waals surface area contributed by atoms with E-state index >= 15 is 0 Å². The van der Waals surface area contributed by atoms with Gasteiger partial charge in [-0.2, -0.15) is 0 Å². The van der Waals surface area contributed by atoms with Gasteiger partial charge in [0.25, 0.3) is 0 Å². The number of ether oxygens (including phenoxy) is 1. The van der Waals surface area contributed by atoms with E-state index in [4.69, 9.17) is 4.74 Å². The first kappa shape index (κ1) is 14.3. The second-order valence-electron chi connectivity index (χ2n) is 5.95. The minimum absolute atomic E-state index is 0.163. The van der Waals surface area contributed by atoms with E-state index in [2.05, 4.69) is 24.1 Å². The van der Waals surface area contributed by atoms with Crippen molar-refractivity contribution >= 4 is 0 Å². The van der Waals surface area contributed by atoms with Crippen LogP contribution in [-0.4, -0.2) is 60.5 Å². The third-order valence-electron chi connectivity index (χ3n) is 4.24. The minimum Gasteiger partial charge on any atom is -0.392 e. The Balaban J connectivity index is 1.72. The lowest BCUT2D eigenvalue weighted by Crippen LogP contribution is -2.52. The van der Waals surface area contributed by atoms with Crippen molar-refractivity contribution in [2.24, 2.45) is 0 Å². The van der Waals surface area contributed by atoms with Crippen LogP contribution in [0.3, 0.4) is 0 Å². The highest BCUT2D eigenvalue weighted by molar-refractivity contribution is 4.83. The van der Waals surface area contributed by atoms with Gasteiger partial charge < -0.3 is 15.2 Å². The molecule has 18 heavy (non-hydrogen) atoms. The Morgan fingerprint density at radius 2 is 2.11 bits per heavy atom.